The number of aromatic nitrogens is 3. The number of hydrogen-bond acceptors (Lipinski definition) is 5. The molecule has 8 heteroatoms. The van der Waals surface area contributed by atoms with Crippen LogP contribution in [-0.2, 0) is 7.05 Å². The average Bonchev–Trinajstić information content (AvgIpc) is 3.53. The van der Waals surface area contributed by atoms with Crippen LogP contribution in [0.3, 0.4) is 0 Å². The highest BCUT2D eigenvalue weighted by atomic mass is 32.1. The number of nitrogens with zero attached hydrogens (tertiary/aromatic N) is 5. The van der Waals surface area contributed by atoms with Gasteiger partial charge in [-0.15, -0.1) is 22.7 Å². The van der Waals surface area contributed by atoms with Crippen molar-refractivity contribution in [3.63, 3.8) is 0 Å². The maximum absolute atomic E-state index is 13.5. The average molecular weight is 514 g/mol. The van der Waals surface area contributed by atoms with Crippen LogP contribution in [0.25, 0.3) is 16.9 Å². The van der Waals surface area contributed by atoms with E-state index in [4.69, 9.17) is 10.1 Å². The minimum atomic E-state index is -0.160. The highest BCUT2D eigenvalue weighted by Crippen LogP contribution is 2.24. The molecule has 36 heavy (non-hydrogen) atoms. The van der Waals surface area contributed by atoms with Gasteiger partial charge in [-0.2, -0.15) is 5.10 Å². The molecule has 0 N–H and O–H groups in total. The summed E-state index contributed by atoms with van der Waals surface area (Å²) in [7, 11) is 1.88. The summed E-state index contributed by atoms with van der Waals surface area (Å²) >= 11 is 3.16. The smallest absolute Gasteiger partial charge is 0.283 e. The Morgan fingerprint density at radius 3 is 2.39 bits per heavy atom. The molecule has 0 amide bonds. The van der Waals surface area contributed by atoms with Crippen molar-refractivity contribution in [2.75, 3.05) is 0 Å². The number of benzene rings is 2. The fourth-order valence-corrected chi connectivity index (χ4v) is 5.59. The van der Waals surface area contributed by atoms with E-state index in [2.05, 4.69) is 51.1 Å². The molecule has 6 nitrogen and oxygen atoms in total. The Bertz CT molecular complexity index is 1710. The van der Waals surface area contributed by atoms with Gasteiger partial charge in [-0.1, -0.05) is 30.3 Å². The predicted octanol–water partition coefficient (Wildman–Crippen LogP) is 6.12. The topological polar surface area (TPSA) is 56.6 Å². The van der Waals surface area contributed by atoms with E-state index in [0.29, 0.717) is 10.5 Å². The zero-order valence-corrected chi connectivity index (χ0v) is 22.5. The number of thiazole rings is 1. The van der Waals surface area contributed by atoms with Crippen LogP contribution in [-0.4, -0.2) is 20.3 Å². The number of thiophene rings is 1. The molecule has 3 heterocycles. The number of rotatable bonds is 5. The SMILES string of the molecule is Cc1ccc(C=Nn2c(-c3ccc(C)c(C)c3)csc2=Nc2c(C)n(C)n(-c3ccccc3)c2=O)s1. The van der Waals surface area contributed by atoms with Crippen LogP contribution in [0.15, 0.2) is 80.9 Å². The van der Waals surface area contributed by atoms with Crippen LogP contribution in [0.4, 0.5) is 5.69 Å². The molecule has 0 atom stereocenters. The molecule has 182 valence electrons. The first-order valence-electron chi connectivity index (χ1n) is 11.6. The van der Waals surface area contributed by atoms with Crippen LogP contribution >= 0.6 is 22.7 Å². The molecule has 5 aromatic rings. The lowest BCUT2D eigenvalue weighted by molar-refractivity contribution is 0.630. The van der Waals surface area contributed by atoms with Gasteiger partial charge in [-0.25, -0.2) is 14.4 Å². The Morgan fingerprint density at radius 1 is 0.917 bits per heavy atom. The molecule has 5 rings (SSSR count). The van der Waals surface area contributed by atoms with Gasteiger partial charge in [0.1, 0.15) is 0 Å². The molecule has 3 aromatic heterocycles. The van der Waals surface area contributed by atoms with E-state index >= 15 is 0 Å². The third-order valence-electron chi connectivity index (χ3n) is 6.28. The predicted molar refractivity (Wildman–Crippen MR) is 150 cm³/mol. The van der Waals surface area contributed by atoms with E-state index in [1.165, 1.54) is 27.3 Å². The molecule has 0 aliphatic heterocycles. The van der Waals surface area contributed by atoms with Crippen molar-refractivity contribution >= 4 is 34.6 Å². The summed E-state index contributed by atoms with van der Waals surface area (Å²) in [5.74, 6) is 0. The number of para-hydroxylation sites is 1. The Balaban J connectivity index is 1.70. The van der Waals surface area contributed by atoms with Crippen molar-refractivity contribution < 1.29 is 0 Å². The second kappa shape index (κ2) is 9.72. The van der Waals surface area contributed by atoms with Gasteiger partial charge in [0.25, 0.3) is 5.56 Å². The van der Waals surface area contributed by atoms with Crippen molar-refractivity contribution in [2.45, 2.75) is 27.7 Å². The molecule has 0 unspecified atom stereocenters. The first-order valence-corrected chi connectivity index (χ1v) is 13.3. The van der Waals surface area contributed by atoms with Crippen molar-refractivity contribution in [1.82, 2.24) is 14.0 Å². The number of hydrogen-bond donors (Lipinski definition) is 0. The van der Waals surface area contributed by atoms with Crippen LogP contribution in [0.1, 0.15) is 26.6 Å². The largest absolute Gasteiger partial charge is 0.297 e. The third kappa shape index (κ3) is 4.45. The summed E-state index contributed by atoms with van der Waals surface area (Å²) in [5.41, 5.74) is 6.28. The highest BCUT2D eigenvalue weighted by molar-refractivity contribution is 7.13. The molecule has 0 saturated heterocycles. The molecule has 0 spiro atoms. The molecule has 0 aliphatic rings. The summed E-state index contributed by atoms with van der Waals surface area (Å²) in [6, 6.07) is 20.1. The van der Waals surface area contributed by atoms with E-state index in [-0.39, 0.29) is 5.56 Å². The quantitative estimate of drug-likeness (QED) is 0.261. The molecular weight excluding hydrogens is 486 g/mol. The van der Waals surface area contributed by atoms with Crippen molar-refractivity contribution in [3.8, 4) is 16.9 Å². The normalized spacial score (nSPS) is 12.2. The Labute approximate surface area is 217 Å². The molecule has 0 bridgehead atoms. The summed E-state index contributed by atoms with van der Waals surface area (Å²) in [5, 5.41) is 6.87. The van der Waals surface area contributed by atoms with Gasteiger partial charge in [0.2, 0.25) is 4.80 Å². The molecule has 0 saturated carbocycles. The van der Waals surface area contributed by atoms with Gasteiger partial charge in [0, 0.05) is 27.7 Å². The third-order valence-corrected chi connectivity index (χ3v) is 8.03. The van der Waals surface area contributed by atoms with Crippen molar-refractivity contribution in [1.29, 1.82) is 0 Å². The zero-order chi connectivity index (χ0) is 25.4. The van der Waals surface area contributed by atoms with Gasteiger partial charge in [0.05, 0.1) is 23.3 Å². The molecule has 0 aliphatic carbocycles. The first kappa shape index (κ1) is 24.0. The van der Waals surface area contributed by atoms with Gasteiger partial charge < -0.3 is 0 Å². The molecule has 0 radical (unpaired) electrons. The van der Waals surface area contributed by atoms with Crippen molar-refractivity contribution in [3.05, 3.63) is 108 Å². The maximum atomic E-state index is 13.5. The Kier molecular flexibility index (Phi) is 6.47. The summed E-state index contributed by atoms with van der Waals surface area (Å²) in [6.45, 7) is 8.21. The fourth-order valence-electron chi connectivity index (χ4n) is 4.00. The first-order chi connectivity index (χ1) is 17.3. The minimum absolute atomic E-state index is 0.160. The van der Waals surface area contributed by atoms with E-state index in [1.807, 2.05) is 65.3 Å². The molecule has 2 aromatic carbocycles. The second-order valence-corrected chi connectivity index (χ2v) is 10.9. The van der Waals surface area contributed by atoms with Crippen LogP contribution in [0.2, 0.25) is 0 Å². The van der Waals surface area contributed by atoms with Gasteiger partial charge >= 0.3 is 0 Å². The fraction of sp³-hybridized carbons (Fsp3) is 0.179. The van der Waals surface area contributed by atoms with Gasteiger partial charge in [0.15, 0.2) is 5.69 Å². The standard InChI is InChI=1S/C28H27N5OS2/c1-18-11-13-22(15-19(18)2)25-17-35-28(32(25)29-16-24-14-12-20(3)36-24)30-26-21(4)31(5)33(27(26)34)23-9-7-6-8-10-23/h6-17H,1-5H3. The molecule has 0 fully saturated rings. The summed E-state index contributed by atoms with van der Waals surface area (Å²) < 4.78 is 5.33. The van der Waals surface area contributed by atoms with E-state index < -0.39 is 0 Å². The van der Waals surface area contributed by atoms with Crippen LogP contribution < -0.4 is 10.4 Å². The van der Waals surface area contributed by atoms with E-state index in [1.54, 1.807) is 16.0 Å². The monoisotopic (exact) mass is 513 g/mol. The van der Waals surface area contributed by atoms with E-state index in [9.17, 15) is 4.79 Å². The zero-order valence-electron chi connectivity index (χ0n) is 20.9. The summed E-state index contributed by atoms with van der Waals surface area (Å²) in [4.78, 5) is 21.3. The lowest BCUT2D eigenvalue weighted by atomic mass is 10.1. The maximum Gasteiger partial charge on any atom is 0.297 e. The minimum Gasteiger partial charge on any atom is -0.283 e. The highest BCUT2D eigenvalue weighted by Gasteiger charge is 2.17. The lowest BCUT2D eigenvalue weighted by Gasteiger charge is -2.07. The summed E-state index contributed by atoms with van der Waals surface area (Å²) in [6.07, 6.45) is 1.86. The second-order valence-electron chi connectivity index (χ2n) is 8.73. The van der Waals surface area contributed by atoms with E-state index in [0.717, 1.165) is 27.5 Å². The van der Waals surface area contributed by atoms with Crippen molar-refractivity contribution in [2.24, 2.45) is 17.1 Å². The van der Waals surface area contributed by atoms with Gasteiger partial charge in [-0.05, 0) is 69.2 Å². The van der Waals surface area contributed by atoms with Gasteiger partial charge in [-0.3, -0.25) is 9.48 Å². The van der Waals surface area contributed by atoms with Crippen LogP contribution in [0.5, 0.6) is 0 Å². The Hall–Kier alpha value is -3.75. The van der Waals surface area contributed by atoms with Crippen LogP contribution in [0, 0.1) is 27.7 Å². The Morgan fingerprint density at radius 2 is 1.69 bits per heavy atom. The molecular formula is C28H27N5OS2. The lowest BCUT2D eigenvalue weighted by Crippen LogP contribution is -2.19. The number of aryl methyl sites for hydroxylation is 3.